The SMILES string of the molecule is CCc1cc(CC(NN)c2cnccn2)n(CC)n1. The van der Waals surface area contributed by atoms with Crippen molar-refractivity contribution in [1.82, 2.24) is 25.2 Å². The average Bonchev–Trinajstić information content (AvgIpc) is 2.87. The first-order valence-corrected chi connectivity index (χ1v) is 6.56. The van der Waals surface area contributed by atoms with E-state index in [4.69, 9.17) is 5.84 Å². The number of hydrazine groups is 1. The third-order valence-corrected chi connectivity index (χ3v) is 3.13. The Morgan fingerprint density at radius 1 is 1.37 bits per heavy atom. The van der Waals surface area contributed by atoms with Gasteiger partial charge in [0.2, 0.25) is 0 Å². The number of hydrogen-bond donors (Lipinski definition) is 2. The minimum atomic E-state index is -0.0552. The number of aromatic nitrogens is 4. The molecule has 0 aliphatic carbocycles. The molecule has 6 nitrogen and oxygen atoms in total. The highest BCUT2D eigenvalue weighted by Gasteiger charge is 2.15. The molecule has 0 aliphatic heterocycles. The molecule has 0 amide bonds. The lowest BCUT2D eigenvalue weighted by Crippen LogP contribution is -2.31. The van der Waals surface area contributed by atoms with Crippen molar-refractivity contribution in [3.63, 3.8) is 0 Å². The average molecular weight is 260 g/mol. The topological polar surface area (TPSA) is 81.6 Å². The number of nitrogens with two attached hydrogens (primary N) is 1. The van der Waals surface area contributed by atoms with Crippen molar-refractivity contribution in [3.8, 4) is 0 Å². The minimum absolute atomic E-state index is 0.0552. The third kappa shape index (κ3) is 3.15. The van der Waals surface area contributed by atoms with Gasteiger partial charge < -0.3 is 0 Å². The second-order valence-electron chi connectivity index (χ2n) is 4.35. The Morgan fingerprint density at radius 2 is 2.21 bits per heavy atom. The predicted molar refractivity (Wildman–Crippen MR) is 73.1 cm³/mol. The minimum Gasteiger partial charge on any atom is -0.271 e. The summed E-state index contributed by atoms with van der Waals surface area (Å²) in [5, 5.41) is 4.54. The first kappa shape index (κ1) is 13.6. The van der Waals surface area contributed by atoms with E-state index in [1.807, 2.05) is 4.68 Å². The van der Waals surface area contributed by atoms with Gasteiger partial charge in [-0.3, -0.25) is 25.9 Å². The van der Waals surface area contributed by atoms with Crippen molar-refractivity contribution in [3.05, 3.63) is 41.7 Å². The number of hydrogen-bond acceptors (Lipinski definition) is 5. The maximum absolute atomic E-state index is 5.64. The van der Waals surface area contributed by atoms with Crippen LogP contribution in [0, 0.1) is 0 Å². The fraction of sp³-hybridized carbons (Fsp3) is 0.462. The molecule has 3 N–H and O–H groups in total. The summed E-state index contributed by atoms with van der Waals surface area (Å²) >= 11 is 0. The van der Waals surface area contributed by atoms with E-state index in [2.05, 4.69) is 40.4 Å². The second-order valence-corrected chi connectivity index (χ2v) is 4.35. The van der Waals surface area contributed by atoms with Gasteiger partial charge in [-0.15, -0.1) is 0 Å². The molecule has 2 rings (SSSR count). The smallest absolute Gasteiger partial charge is 0.0773 e. The van der Waals surface area contributed by atoms with Gasteiger partial charge in [-0.25, -0.2) is 0 Å². The van der Waals surface area contributed by atoms with Crippen molar-refractivity contribution in [2.45, 2.75) is 39.3 Å². The summed E-state index contributed by atoms with van der Waals surface area (Å²) in [6.45, 7) is 5.05. The van der Waals surface area contributed by atoms with Gasteiger partial charge in [-0.05, 0) is 19.4 Å². The van der Waals surface area contributed by atoms with E-state index >= 15 is 0 Å². The van der Waals surface area contributed by atoms with Gasteiger partial charge in [0, 0.05) is 31.1 Å². The van der Waals surface area contributed by atoms with Crippen LogP contribution in [-0.2, 0) is 19.4 Å². The lowest BCUT2D eigenvalue weighted by atomic mass is 10.1. The Bertz CT molecular complexity index is 507. The van der Waals surface area contributed by atoms with E-state index in [1.54, 1.807) is 18.6 Å². The summed E-state index contributed by atoms with van der Waals surface area (Å²) in [6.07, 6.45) is 6.75. The molecule has 102 valence electrons. The maximum atomic E-state index is 5.64. The van der Waals surface area contributed by atoms with Gasteiger partial charge in [0.05, 0.1) is 23.6 Å². The highest BCUT2D eigenvalue weighted by molar-refractivity contribution is 5.15. The summed E-state index contributed by atoms with van der Waals surface area (Å²) in [6, 6.07) is 2.07. The highest BCUT2D eigenvalue weighted by atomic mass is 15.3. The Kier molecular flexibility index (Phi) is 4.59. The molecule has 0 saturated carbocycles. The quantitative estimate of drug-likeness (QED) is 0.598. The summed E-state index contributed by atoms with van der Waals surface area (Å²) < 4.78 is 2.01. The Morgan fingerprint density at radius 3 is 2.79 bits per heavy atom. The van der Waals surface area contributed by atoms with Crippen LogP contribution in [0.15, 0.2) is 24.7 Å². The van der Waals surface area contributed by atoms with Crippen molar-refractivity contribution in [2.75, 3.05) is 0 Å². The summed E-state index contributed by atoms with van der Waals surface area (Å²) in [4.78, 5) is 8.37. The largest absolute Gasteiger partial charge is 0.271 e. The van der Waals surface area contributed by atoms with Gasteiger partial charge in [-0.1, -0.05) is 6.92 Å². The molecular weight excluding hydrogens is 240 g/mol. The van der Waals surface area contributed by atoms with Crippen LogP contribution in [-0.4, -0.2) is 19.7 Å². The van der Waals surface area contributed by atoms with Crippen molar-refractivity contribution < 1.29 is 0 Å². The van der Waals surface area contributed by atoms with Crippen LogP contribution in [0.4, 0.5) is 0 Å². The zero-order valence-corrected chi connectivity index (χ0v) is 11.4. The normalized spacial score (nSPS) is 12.6. The number of aryl methyl sites for hydroxylation is 2. The molecule has 2 aromatic heterocycles. The molecule has 0 saturated heterocycles. The van der Waals surface area contributed by atoms with Crippen molar-refractivity contribution in [2.24, 2.45) is 5.84 Å². The number of rotatable bonds is 6. The van der Waals surface area contributed by atoms with E-state index in [1.165, 1.54) is 0 Å². The van der Waals surface area contributed by atoms with Crippen LogP contribution in [0.3, 0.4) is 0 Å². The van der Waals surface area contributed by atoms with Crippen LogP contribution < -0.4 is 11.3 Å². The molecule has 0 aromatic carbocycles. The van der Waals surface area contributed by atoms with Crippen LogP contribution in [0.25, 0.3) is 0 Å². The first-order chi connectivity index (χ1) is 9.28. The molecule has 0 radical (unpaired) electrons. The fourth-order valence-electron chi connectivity index (χ4n) is 2.07. The molecule has 0 fully saturated rings. The zero-order valence-electron chi connectivity index (χ0n) is 11.4. The lowest BCUT2D eigenvalue weighted by Gasteiger charge is -2.15. The van der Waals surface area contributed by atoms with Crippen LogP contribution in [0.1, 0.15) is 37.0 Å². The summed E-state index contributed by atoms with van der Waals surface area (Å²) in [5.41, 5.74) is 5.91. The van der Waals surface area contributed by atoms with Gasteiger partial charge >= 0.3 is 0 Å². The summed E-state index contributed by atoms with van der Waals surface area (Å²) in [5.74, 6) is 5.64. The lowest BCUT2D eigenvalue weighted by molar-refractivity contribution is 0.505. The van der Waals surface area contributed by atoms with Crippen LogP contribution in [0.2, 0.25) is 0 Å². The molecular formula is C13H20N6. The Hall–Kier alpha value is -1.79. The van der Waals surface area contributed by atoms with E-state index in [-0.39, 0.29) is 6.04 Å². The van der Waals surface area contributed by atoms with Gasteiger partial charge in [-0.2, -0.15) is 5.10 Å². The Balaban J connectivity index is 2.21. The fourth-order valence-corrected chi connectivity index (χ4v) is 2.07. The van der Waals surface area contributed by atoms with Crippen LogP contribution in [0.5, 0.6) is 0 Å². The highest BCUT2D eigenvalue weighted by Crippen LogP contribution is 2.16. The van der Waals surface area contributed by atoms with E-state index < -0.39 is 0 Å². The molecule has 6 heteroatoms. The molecule has 1 unspecified atom stereocenters. The first-order valence-electron chi connectivity index (χ1n) is 6.56. The monoisotopic (exact) mass is 260 g/mol. The summed E-state index contributed by atoms with van der Waals surface area (Å²) in [7, 11) is 0. The molecule has 0 bridgehead atoms. The van der Waals surface area contributed by atoms with E-state index in [0.717, 1.165) is 36.5 Å². The maximum Gasteiger partial charge on any atom is 0.0773 e. The molecule has 0 spiro atoms. The molecule has 19 heavy (non-hydrogen) atoms. The van der Waals surface area contributed by atoms with Crippen molar-refractivity contribution in [1.29, 1.82) is 0 Å². The number of nitrogens with one attached hydrogen (secondary N) is 1. The predicted octanol–water partition coefficient (Wildman–Crippen LogP) is 1.00. The zero-order chi connectivity index (χ0) is 13.7. The standard InChI is InChI=1S/C13H20N6/c1-3-10-7-11(19(4-2)18-10)8-12(17-14)13-9-15-5-6-16-13/h5-7,9,12,17H,3-4,8,14H2,1-2H3. The van der Waals surface area contributed by atoms with E-state index in [0.29, 0.717) is 0 Å². The Labute approximate surface area is 113 Å². The van der Waals surface area contributed by atoms with Gasteiger partial charge in [0.1, 0.15) is 0 Å². The number of nitrogens with zero attached hydrogens (tertiary/aromatic N) is 4. The van der Waals surface area contributed by atoms with E-state index in [9.17, 15) is 0 Å². The van der Waals surface area contributed by atoms with Gasteiger partial charge in [0.25, 0.3) is 0 Å². The molecule has 2 heterocycles. The molecule has 2 aromatic rings. The second kappa shape index (κ2) is 6.40. The molecule has 1 atom stereocenters. The van der Waals surface area contributed by atoms with Crippen LogP contribution >= 0.6 is 0 Å². The van der Waals surface area contributed by atoms with Crippen molar-refractivity contribution >= 4 is 0 Å². The van der Waals surface area contributed by atoms with Gasteiger partial charge in [0.15, 0.2) is 0 Å². The molecule has 0 aliphatic rings. The third-order valence-electron chi connectivity index (χ3n) is 3.13.